The fraction of sp³-hybridized carbons (Fsp3) is 0.467. The first-order valence-electron chi connectivity index (χ1n) is 7.44. The van der Waals surface area contributed by atoms with Crippen molar-refractivity contribution < 1.29 is 19.6 Å². The average molecular weight is 321 g/mol. The number of nitro groups is 1. The molecule has 1 amide bonds. The fourth-order valence-corrected chi connectivity index (χ4v) is 2.66. The minimum absolute atomic E-state index is 0.106. The van der Waals surface area contributed by atoms with E-state index >= 15 is 0 Å². The number of nitro benzene ring substituents is 1. The number of anilines is 1. The van der Waals surface area contributed by atoms with Gasteiger partial charge in [0.2, 0.25) is 0 Å². The third-order valence-corrected chi connectivity index (χ3v) is 3.74. The number of carboxylic acid groups (broad SMARTS) is 1. The maximum Gasteiger partial charge on any atom is 0.305 e. The molecule has 1 aliphatic heterocycles. The summed E-state index contributed by atoms with van der Waals surface area (Å²) in [5, 5.41) is 22.5. The Labute approximate surface area is 133 Å². The highest BCUT2D eigenvalue weighted by molar-refractivity contribution is 5.96. The molecule has 8 nitrogen and oxygen atoms in total. The zero-order valence-corrected chi connectivity index (χ0v) is 12.8. The zero-order valence-electron chi connectivity index (χ0n) is 12.8. The summed E-state index contributed by atoms with van der Waals surface area (Å²) >= 11 is 0. The van der Waals surface area contributed by atoms with Crippen LogP contribution in [0.1, 0.15) is 36.5 Å². The summed E-state index contributed by atoms with van der Waals surface area (Å²) in [6.07, 6.45) is 1.78. The third-order valence-electron chi connectivity index (χ3n) is 3.74. The van der Waals surface area contributed by atoms with E-state index in [1.54, 1.807) is 13.0 Å². The van der Waals surface area contributed by atoms with Gasteiger partial charge in [0.05, 0.1) is 11.3 Å². The quantitative estimate of drug-likeness (QED) is 0.610. The number of carbonyl (C=O) groups is 2. The molecule has 1 aromatic rings. The highest BCUT2D eigenvalue weighted by atomic mass is 16.6. The maximum absolute atomic E-state index is 12.1. The van der Waals surface area contributed by atoms with E-state index in [2.05, 4.69) is 5.32 Å². The zero-order chi connectivity index (χ0) is 17.0. The molecule has 0 aliphatic carbocycles. The van der Waals surface area contributed by atoms with E-state index in [1.807, 2.05) is 4.90 Å². The molecular weight excluding hydrogens is 302 g/mol. The molecule has 0 radical (unpaired) electrons. The van der Waals surface area contributed by atoms with Crippen LogP contribution in [0.4, 0.5) is 11.4 Å². The fourth-order valence-electron chi connectivity index (χ4n) is 2.66. The third kappa shape index (κ3) is 4.18. The summed E-state index contributed by atoms with van der Waals surface area (Å²) in [5.41, 5.74) is 0.560. The molecule has 124 valence electrons. The number of nitrogens with zero attached hydrogens (tertiary/aromatic N) is 2. The lowest BCUT2D eigenvalue weighted by atomic mass is 10.1. The number of hydrogen-bond acceptors (Lipinski definition) is 5. The lowest BCUT2D eigenvalue weighted by Gasteiger charge is -2.18. The molecule has 8 heteroatoms. The van der Waals surface area contributed by atoms with Crippen LogP contribution < -0.4 is 10.2 Å². The number of rotatable bonds is 6. The van der Waals surface area contributed by atoms with Crippen molar-refractivity contribution in [3.63, 3.8) is 0 Å². The van der Waals surface area contributed by atoms with E-state index in [-0.39, 0.29) is 17.7 Å². The number of aliphatic carboxylic acids is 1. The van der Waals surface area contributed by atoms with Crippen molar-refractivity contribution in [1.29, 1.82) is 0 Å². The van der Waals surface area contributed by atoms with Crippen LogP contribution in [0.5, 0.6) is 0 Å². The van der Waals surface area contributed by atoms with Crippen molar-refractivity contribution in [2.75, 3.05) is 18.0 Å². The average Bonchev–Trinajstić information content (AvgIpc) is 2.99. The second-order valence-corrected chi connectivity index (χ2v) is 5.63. The van der Waals surface area contributed by atoms with E-state index in [4.69, 9.17) is 5.11 Å². The van der Waals surface area contributed by atoms with Crippen LogP contribution in [0.25, 0.3) is 0 Å². The van der Waals surface area contributed by atoms with E-state index in [1.165, 1.54) is 12.1 Å². The lowest BCUT2D eigenvalue weighted by molar-refractivity contribution is -0.384. The van der Waals surface area contributed by atoms with E-state index in [0.29, 0.717) is 5.69 Å². The van der Waals surface area contributed by atoms with Gasteiger partial charge in [-0.2, -0.15) is 0 Å². The molecule has 1 unspecified atom stereocenters. The summed E-state index contributed by atoms with van der Waals surface area (Å²) in [4.78, 5) is 35.5. The maximum atomic E-state index is 12.1. The molecule has 1 aliphatic rings. The lowest BCUT2D eigenvalue weighted by Crippen LogP contribution is -2.34. The van der Waals surface area contributed by atoms with E-state index in [0.717, 1.165) is 25.9 Å². The van der Waals surface area contributed by atoms with Crippen molar-refractivity contribution in [2.45, 2.75) is 32.2 Å². The standard InChI is InChI=1S/C15H19N3O5/c1-10(8-14(19)20)16-15(21)11-4-5-12(13(9-11)18(22)23)17-6-2-3-7-17/h4-5,9-10H,2-3,6-8H2,1H3,(H,16,21)(H,19,20). The Morgan fingerprint density at radius 3 is 2.61 bits per heavy atom. The molecule has 0 aromatic heterocycles. The molecule has 23 heavy (non-hydrogen) atoms. The summed E-state index contributed by atoms with van der Waals surface area (Å²) < 4.78 is 0. The number of carbonyl (C=O) groups excluding carboxylic acids is 1. The number of amides is 1. The first-order valence-corrected chi connectivity index (χ1v) is 7.44. The Morgan fingerprint density at radius 1 is 1.39 bits per heavy atom. The minimum atomic E-state index is -1.02. The van der Waals surface area contributed by atoms with Crippen LogP contribution in [0.3, 0.4) is 0 Å². The van der Waals surface area contributed by atoms with Gasteiger partial charge in [-0.25, -0.2) is 0 Å². The SMILES string of the molecule is CC(CC(=O)O)NC(=O)c1ccc(N2CCCC2)c([N+](=O)[O-])c1. The van der Waals surface area contributed by atoms with Crippen LogP contribution >= 0.6 is 0 Å². The molecule has 1 fully saturated rings. The summed E-state index contributed by atoms with van der Waals surface area (Å²) in [5.74, 6) is -1.54. The topological polar surface area (TPSA) is 113 Å². The first kappa shape index (κ1) is 16.7. The molecule has 2 N–H and O–H groups in total. The summed E-state index contributed by atoms with van der Waals surface area (Å²) in [6, 6.07) is 3.80. The van der Waals surface area contributed by atoms with Crippen LogP contribution in [0, 0.1) is 10.1 Å². The molecule has 1 aromatic carbocycles. The van der Waals surface area contributed by atoms with Gasteiger partial charge in [0.25, 0.3) is 11.6 Å². The summed E-state index contributed by atoms with van der Waals surface area (Å²) in [7, 11) is 0. The largest absolute Gasteiger partial charge is 0.481 e. The van der Waals surface area contributed by atoms with Crippen molar-refractivity contribution in [2.24, 2.45) is 0 Å². The molecule has 1 atom stereocenters. The highest BCUT2D eigenvalue weighted by Gasteiger charge is 2.24. The van der Waals surface area contributed by atoms with Crippen LogP contribution in [-0.4, -0.2) is 41.0 Å². The van der Waals surface area contributed by atoms with Crippen LogP contribution in [-0.2, 0) is 4.79 Å². The van der Waals surface area contributed by atoms with E-state index in [9.17, 15) is 19.7 Å². The predicted molar refractivity (Wildman–Crippen MR) is 83.7 cm³/mol. The second-order valence-electron chi connectivity index (χ2n) is 5.63. The number of carboxylic acids is 1. The van der Waals surface area contributed by atoms with Crippen molar-refractivity contribution in [1.82, 2.24) is 5.32 Å². The molecule has 1 heterocycles. The van der Waals surface area contributed by atoms with Gasteiger partial charge in [-0.05, 0) is 31.9 Å². The predicted octanol–water partition coefficient (Wildman–Crippen LogP) is 1.79. The second kappa shape index (κ2) is 7.08. The Bertz CT molecular complexity index is 626. The summed E-state index contributed by atoms with van der Waals surface area (Å²) in [6.45, 7) is 3.10. The van der Waals surface area contributed by atoms with Gasteiger partial charge >= 0.3 is 5.97 Å². The van der Waals surface area contributed by atoms with Gasteiger partial charge in [0.15, 0.2) is 0 Å². The van der Waals surface area contributed by atoms with Gasteiger partial charge in [-0.3, -0.25) is 19.7 Å². The van der Waals surface area contributed by atoms with Crippen molar-refractivity contribution in [3.8, 4) is 0 Å². The van der Waals surface area contributed by atoms with Crippen LogP contribution in [0.2, 0.25) is 0 Å². The van der Waals surface area contributed by atoms with Crippen molar-refractivity contribution in [3.05, 3.63) is 33.9 Å². The Balaban J connectivity index is 2.19. The number of benzene rings is 1. The highest BCUT2D eigenvalue weighted by Crippen LogP contribution is 2.31. The minimum Gasteiger partial charge on any atom is -0.481 e. The molecule has 1 saturated heterocycles. The van der Waals surface area contributed by atoms with Crippen LogP contribution in [0.15, 0.2) is 18.2 Å². The normalized spacial score (nSPS) is 15.3. The Hall–Kier alpha value is -2.64. The number of hydrogen-bond donors (Lipinski definition) is 2. The molecule has 0 saturated carbocycles. The van der Waals surface area contributed by atoms with E-state index < -0.39 is 22.8 Å². The smallest absolute Gasteiger partial charge is 0.305 e. The first-order chi connectivity index (χ1) is 10.9. The number of nitrogens with one attached hydrogen (secondary N) is 1. The molecule has 0 bridgehead atoms. The van der Waals surface area contributed by atoms with Gasteiger partial charge in [-0.15, -0.1) is 0 Å². The van der Waals surface area contributed by atoms with Gasteiger partial charge < -0.3 is 15.3 Å². The molecular formula is C15H19N3O5. The van der Waals surface area contributed by atoms with Crippen molar-refractivity contribution >= 4 is 23.3 Å². The van der Waals surface area contributed by atoms with Gasteiger partial charge in [0, 0.05) is 30.8 Å². The molecule has 2 rings (SSSR count). The Kier molecular flexibility index (Phi) is 5.15. The van der Waals surface area contributed by atoms with Gasteiger partial charge in [-0.1, -0.05) is 0 Å². The Morgan fingerprint density at radius 2 is 2.04 bits per heavy atom. The monoisotopic (exact) mass is 321 g/mol. The van der Waals surface area contributed by atoms with Gasteiger partial charge in [0.1, 0.15) is 5.69 Å². The molecule has 0 spiro atoms.